The first kappa shape index (κ1) is 57.0. The molecule has 2 aromatic carbocycles. The molecule has 0 saturated carbocycles. The number of aliphatic carboxylic acids is 1. The number of pyridine rings is 1. The lowest BCUT2D eigenvalue weighted by Crippen LogP contribution is -2.36. The second kappa shape index (κ2) is 30.1. The molecule has 2 atom stereocenters. The van der Waals surface area contributed by atoms with Crippen LogP contribution in [-0.4, -0.2) is 149 Å². The Hall–Kier alpha value is -5.32. The minimum atomic E-state index is -3.18. The minimum Gasteiger partial charge on any atom is -0.488 e. The second-order valence-corrected chi connectivity index (χ2v) is 20.6. The molecular formula is C50H70FN8O12PS. The van der Waals surface area contributed by atoms with E-state index in [1.807, 2.05) is 6.07 Å². The topological polar surface area (TPSA) is 230 Å². The van der Waals surface area contributed by atoms with Gasteiger partial charge in [0, 0.05) is 44.0 Å². The zero-order valence-electron chi connectivity index (χ0n) is 41.8. The highest BCUT2D eigenvalue weighted by Crippen LogP contribution is 2.45. The van der Waals surface area contributed by atoms with Crippen LogP contribution in [0.15, 0.2) is 60.8 Å². The van der Waals surface area contributed by atoms with Crippen molar-refractivity contribution in [1.82, 2.24) is 35.1 Å². The first-order valence-corrected chi connectivity index (χ1v) is 27.6. The maximum Gasteiger partial charge on any atom is 0.324 e. The smallest absolute Gasteiger partial charge is 0.324 e. The fourth-order valence-corrected chi connectivity index (χ4v) is 9.81. The molecule has 6 rings (SSSR count). The van der Waals surface area contributed by atoms with Crippen LogP contribution in [-0.2, 0) is 65.9 Å². The van der Waals surface area contributed by atoms with Crippen molar-refractivity contribution in [1.29, 1.82) is 0 Å². The lowest BCUT2D eigenvalue weighted by Gasteiger charge is -2.27. The monoisotopic (exact) mass is 1060 g/mol. The maximum atomic E-state index is 15.2. The van der Waals surface area contributed by atoms with E-state index in [1.54, 1.807) is 60.0 Å². The number of aromatic nitrogens is 4. The molecule has 0 bridgehead atoms. The van der Waals surface area contributed by atoms with E-state index in [0.717, 1.165) is 56.6 Å². The SMILES string of the molecule is CC(C)OP(O)(=S)OCCCCCCNC(=O)c1ccc(OCc2cn(CCOCCOCCOCCOc3ccc([C@H](CC(=O)O)N4CCN(CCCc5ccc6c(n5)NCCC6)C4=O)cc3F)nn2)cc1. The Bertz CT molecular complexity index is 2400. The molecule has 3 amide bonds. The quantitative estimate of drug-likeness (QED) is 0.0277. The fraction of sp³-hybridized carbons (Fsp3) is 0.560. The van der Waals surface area contributed by atoms with Crippen molar-refractivity contribution in [2.75, 3.05) is 90.9 Å². The first-order chi connectivity index (χ1) is 35.3. The van der Waals surface area contributed by atoms with Crippen LogP contribution in [0.2, 0.25) is 0 Å². The number of rotatable bonds is 35. The molecule has 73 heavy (non-hydrogen) atoms. The standard InChI is InChI=1S/C50H70FN8O12PS/c1-37(2)71-72(64,73)70-25-6-4-3-5-19-53-49(62)39-12-16-43(17-13-39)69-36-42-35-58(56-55-42)24-26-65-27-28-66-29-30-67-31-32-68-46-18-14-40(33-44(46)51)45(34-47(60)61)59-23-22-57(50(59)63)21-8-10-41-15-11-38-9-7-20-52-48(38)54-41/h11-18,33,35,37,45H,3-10,19-32,34,36H2,1-2H3,(H,52,54)(H,53,62)(H,60,61)(H,64,73)/t45-,72?/m0/s1. The van der Waals surface area contributed by atoms with Gasteiger partial charge in [0.05, 0.1) is 77.6 Å². The number of unbranched alkanes of at least 4 members (excludes halogenated alkanes) is 3. The molecule has 4 aromatic rings. The van der Waals surface area contributed by atoms with Crippen LogP contribution < -0.4 is 20.1 Å². The van der Waals surface area contributed by atoms with E-state index in [0.29, 0.717) is 108 Å². The summed E-state index contributed by atoms with van der Waals surface area (Å²) in [5.74, 6) is -0.378. The van der Waals surface area contributed by atoms with Gasteiger partial charge in [-0.25, -0.2) is 18.9 Å². The number of hydrogen-bond acceptors (Lipinski definition) is 15. The molecule has 2 aliphatic rings. The predicted octanol–water partition coefficient (Wildman–Crippen LogP) is 6.71. The Balaban J connectivity index is 0.762. The van der Waals surface area contributed by atoms with Crippen molar-refractivity contribution < 1.29 is 61.5 Å². The summed E-state index contributed by atoms with van der Waals surface area (Å²) in [6.45, 7) is 6.23. The Morgan fingerprint density at radius 2 is 1.63 bits per heavy atom. The van der Waals surface area contributed by atoms with Crippen LogP contribution in [0.1, 0.15) is 97.7 Å². The molecule has 4 N–H and O–H groups in total. The predicted molar refractivity (Wildman–Crippen MR) is 273 cm³/mol. The van der Waals surface area contributed by atoms with Gasteiger partial charge in [0.1, 0.15) is 30.5 Å². The molecule has 0 aliphatic carbocycles. The molecule has 1 unspecified atom stereocenters. The molecule has 2 aromatic heterocycles. The number of carbonyl (C=O) groups is 3. The summed E-state index contributed by atoms with van der Waals surface area (Å²) in [5, 5.41) is 24.3. The highest BCUT2D eigenvalue weighted by molar-refractivity contribution is 8.07. The van der Waals surface area contributed by atoms with Crippen LogP contribution in [0.25, 0.3) is 0 Å². The Morgan fingerprint density at radius 1 is 0.877 bits per heavy atom. The summed E-state index contributed by atoms with van der Waals surface area (Å²) in [5.41, 5.74) is 3.74. The Labute approximate surface area is 431 Å². The van der Waals surface area contributed by atoms with E-state index in [-0.39, 0.29) is 50.0 Å². The van der Waals surface area contributed by atoms with Gasteiger partial charge in [0.25, 0.3) is 5.91 Å². The van der Waals surface area contributed by atoms with E-state index in [4.69, 9.17) is 49.5 Å². The van der Waals surface area contributed by atoms with Gasteiger partial charge in [-0.3, -0.25) is 9.59 Å². The summed E-state index contributed by atoms with van der Waals surface area (Å²) in [7, 11) is 0. The number of nitrogens with one attached hydrogen (secondary N) is 2. The lowest BCUT2D eigenvalue weighted by atomic mass is 10.0. The number of urea groups is 1. The maximum absolute atomic E-state index is 15.2. The van der Waals surface area contributed by atoms with E-state index < -0.39 is 24.5 Å². The van der Waals surface area contributed by atoms with Crippen LogP contribution in [0.4, 0.5) is 15.0 Å². The summed E-state index contributed by atoms with van der Waals surface area (Å²) >= 11 is 4.97. The van der Waals surface area contributed by atoms with E-state index in [9.17, 15) is 24.4 Å². The van der Waals surface area contributed by atoms with Crippen LogP contribution in [0, 0.1) is 5.82 Å². The van der Waals surface area contributed by atoms with Crippen molar-refractivity contribution in [3.05, 3.63) is 94.7 Å². The zero-order valence-corrected chi connectivity index (χ0v) is 43.5. The van der Waals surface area contributed by atoms with E-state index in [1.165, 1.54) is 22.6 Å². The van der Waals surface area contributed by atoms with Crippen molar-refractivity contribution in [2.24, 2.45) is 0 Å². The molecule has 400 valence electrons. The molecule has 0 spiro atoms. The Kier molecular flexibility index (Phi) is 23.5. The second-order valence-electron chi connectivity index (χ2n) is 17.8. The molecular weight excluding hydrogens is 987 g/mol. The summed E-state index contributed by atoms with van der Waals surface area (Å²) in [4.78, 5) is 55.8. The van der Waals surface area contributed by atoms with Crippen molar-refractivity contribution in [3.63, 3.8) is 0 Å². The summed E-state index contributed by atoms with van der Waals surface area (Å²) in [6, 6.07) is 14.2. The van der Waals surface area contributed by atoms with Gasteiger partial charge < -0.3 is 63.2 Å². The van der Waals surface area contributed by atoms with E-state index >= 15 is 4.39 Å². The zero-order chi connectivity index (χ0) is 51.8. The number of halogens is 1. The molecule has 2 aliphatic heterocycles. The third-order valence-electron chi connectivity index (χ3n) is 11.8. The number of aryl methyl sites for hydroxylation is 2. The summed E-state index contributed by atoms with van der Waals surface area (Å²) < 4.78 is 55.7. The largest absolute Gasteiger partial charge is 0.488 e. The van der Waals surface area contributed by atoms with Gasteiger partial charge in [0.2, 0.25) is 0 Å². The lowest BCUT2D eigenvalue weighted by molar-refractivity contribution is -0.138. The number of fused-ring (bicyclic) bond motifs is 1. The summed E-state index contributed by atoms with van der Waals surface area (Å²) in [6.07, 6.45) is 8.10. The molecule has 20 nitrogen and oxygen atoms in total. The molecule has 4 heterocycles. The van der Waals surface area contributed by atoms with Gasteiger partial charge >= 0.3 is 18.7 Å². The van der Waals surface area contributed by atoms with Crippen LogP contribution >= 0.6 is 6.72 Å². The number of nitrogens with zero attached hydrogens (tertiary/aromatic N) is 6. The van der Waals surface area contributed by atoms with Crippen molar-refractivity contribution >= 4 is 42.3 Å². The number of hydrogen-bond donors (Lipinski definition) is 4. The van der Waals surface area contributed by atoms with Crippen LogP contribution in [0.3, 0.4) is 0 Å². The number of carbonyl (C=O) groups excluding carboxylic acids is 2. The Morgan fingerprint density at radius 3 is 2.38 bits per heavy atom. The number of ether oxygens (including phenoxy) is 5. The molecule has 0 radical (unpaired) electrons. The van der Waals surface area contributed by atoms with Gasteiger partial charge in [0.15, 0.2) is 11.6 Å². The highest BCUT2D eigenvalue weighted by atomic mass is 32.5. The first-order valence-electron chi connectivity index (χ1n) is 25.0. The third-order valence-corrected chi connectivity index (χ3v) is 13.5. The number of benzene rings is 2. The minimum absolute atomic E-state index is 0.00100. The van der Waals surface area contributed by atoms with Gasteiger partial charge in [-0.15, -0.1) is 5.10 Å². The van der Waals surface area contributed by atoms with Gasteiger partial charge in [-0.05, 0) is 118 Å². The average Bonchev–Trinajstić information content (AvgIpc) is 3.98. The normalized spacial score (nSPS) is 14.7. The van der Waals surface area contributed by atoms with Gasteiger partial charge in [-0.1, -0.05) is 30.2 Å². The third kappa shape index (κ3) is 19.8. The average molecular weight is 1060 g/mol. The number of carboxylic acids is 1. The molecule has 23 heteroatoms. The number of carboxylic acid groups (broad SMARTS) is 1. The molecule has 1 saturated heterocycles. The number of amides is 3. The fourth-order valence-electron chi connectivity index (χ4n) is 8.12. The van der Waals surface area contributed by atoms with E-state index in [2.05, 4.69) is 27.0 Å². The van der Waals surface area contributed by atoms with Crippen molar-refractivity contribution in [3.8, 4) is 11.5 Å². The van der Waals surface area contributed by atoms with Crippen molar-refractivity contribution in [2.45, 2.75) is 96.9 Å². The van der Waals surface area contributed by atoms with Gasteiger partial charge in [-0.2, -0.15) is 0 Å². The highest BCUT2D eigenvalue weighted by Gasteiger charge is 2.36. The van der Waals surface area contributed by atoms with Crippen LogP contribution in [0.5, 0.6) is 11.5 Å². The number of anilines is 1. The molecule has 1 fully saturated rings.